The van der Waals surface area contributed by atoms with E-state index in [1.807, 2.05) is 4.90 Å². The summed E-state index contributed by atoms with van der Waals surface area (Å²) in [5.41, 5.74) is 1.79. The number of nitrogens with one attached hydrogen (secondary N) is 1. The first-order valence-electron chi connectivity index (χ1n) is 10.6. The van der Waals surface area contributed by atoms with Crippen LogP contribution in [-0.2, 0) is 20.8 Å². The van der Waals surface area contributed by atoms with Gasteiger partial charge in [-0.05, 0) is 57.1 Å². The van der Waals surface area contributed by atoms with Crippen molar-refractivity contribution in [3.05, 3.63) is 41.0 Å². The zero-order valence-electron chi connectivity index (χ0n) is 19.7. The van der Waals surface area contributed by atoms with Crippen molar-refractivity contribution >= 4 is 21.3 Å². The van der Waals surface area contributed by atoms with Crippen molar-refractivity contribution in [3.8, 4) is 11.8 Å². The minimum Gasteiger partial charge on any atom is -0.299 e. The number of amides is 1. The Morgan fingerprint density at radius 2 is 1.97 bits per heavy atom. The van der Waals surface area contributed by atoms with Crippen LogP contribution in [-0.4, -0.2) is 80.6 Å². The lowest BCUT2D eigenvalue weighted by Gasteiger charge is -2.31. The number of sulfone groups is 1. The van der Waals surface area contributed by atoms with Crippen LogP contribution >= 0.6 is 0 Å². The molecule has 1 heterocycles. The van der Waals surface area contributed by atoms with Crippen LogP contribution in [0, 0.1) is 11.8 Å². The summed E-state index contributed by atoms with van der Waals surface area (Å²) < 4.78 is 63.3. The first-order chi connectivity index (χ1) is 15.7. The minimum atomic E-state index is -4.54. The molecule has 1 aromatic rings. The standard InChI is InChI=1S/C23H30F3N3O4S/c1-22(21(30)27-31,34(4,32)33)11-15-29-13-9-17(10-14-29)19-8-7-18(6-5-12-28(2)3)20(16-19)23(24,25)26/h7-9,16,31H,10-15H2,1-4H3,(H,27,30). The smallest absolute Gasteiger partial charge is 0.299 e. The van der Waals surface area contributed by atoms with Gasteiger partial charge >= 0.3 is 6.18 Å². The van der Waals surface area contributed by atoms with Crippen molar-refractivity contribution in [1.82, 2.24) is 15.3 Å². The van der Waals surface area contributed by atoms with Gasteiger partial charge in [0.15, 0.2) is 14.6 Å². The summed E-state index contributed by atoms with van der Waals surface area (Å²) in [5, 5.41) is 8.92. The van der Waals surface area contributed by atoms with Crippen molar-refractivity contribution < 1.29 is 31.6 Å². The van der Waals surface area contributed by atoms with Gasteiger partial charge in [0, 0.05) is 31.5 Å². The number of nitrogens with zero attached hydrogens (tertiary/aromatic N) is 2. The highest BCUT2D eigenvalue weighted by atomic mass is 32.2. The highest BCUT2D eigenvalue weighted by molar-refractivity contribution is 7.92. The van der Waals surface area contributed by atoms with E-state index in [9.17, 15) is 26.4 Å². The van der Waals surface area contributed by atoms with Crippen molar-refractivity contribution in [3.63, 3.8) is 0 Å². The zero-order chi connectivity index (χ0) is 25.7. The lowest BCUT2D eigenvalue weighted by Crippen LogP contribution is -2.51. The molecule has 0 spiro atoms. The average molecular weight is 502 g/mol. The van der Waals surface area contributed by atoms with E-state index in [0.29, 0.717) is 31.6 Å². The van der Waals surface area contributed by atoms with Crippen LogP contribution in [0.25, 0.3) is 5.57 Å². The maximum Gasteiger partial charge on any atom is 0.417 e. The fraction of sp³-hybridized carbons (Fsp3) is 0.522. The molecule has 34 heavy (non-hydrogen) atoms. The van der Waals surface area contributed by atoms with E-state index in [4.69, 9.17) is 5.21 Å². The van der Waals surface area contributed by atoms with E-state index in [-0.39, 0.29) is 18.5 Å². The van der Waals surface area contributed by atoms with Gasteiger partial charge in [-0.3, -0.25) is 19.8 Å². The highest BCUT2D eigenvalue weighted by Crippen LogP contribution is 2.35. The van der Waals surface area contributed by atoms with Crippen LogP contribution in [0.1, 0.15) is 36.5 Å². The molecule has 1 aliphatic heterocycles. The number of hydroxylamine groups is 1. The first-order valence-corrected chi connectivity index (χ1v) is 12.5. The molecule has 188 valence electrons. The molecule has 11 heteroatoms. The minimum absolute atomic E-state index is 0.0417. The summed E-state index contributed by atoms with van der Waals surface area (Å²) in [6.45, 7) is 2.73. The van der Waals surface area contributed by atoms with Crippen molar-refractivity contribution in [2.45, 2.75) is 30.7 Å². The number of benzene rings is 1. The van der Waals surface area contributed by atoms with E-state index >= 15 is 0 Å². The zero-order valence-corrected chi connectivity index (χ0v) is 20.5. The molecule has 0 saturated carbocycles. The third-order valence-electron chi connectivity index (χ3n) is 5.91. The highest BCUT2D eigenvalue weighted by Gasteiger charge is 2.43. The lowest BCUT2D eigenvalue weighted by molar-refractivity contribution is -0.137. The molecule has 1 unspecified atom stereocenters. The summed E-state index contributed by atoms with van der Waals surface area (Å²) in [5.74, 6) is 4.34. The maximum absolute atomic E-state index is 13.6. The Kier molecular flexibility index (Phi) is 8.93. The van der Waals surface area contributed by atoms with E-state index in [0.717, 1.165) is 17.9 Å². The van der Waals surface area contributed by atoms with Crippen molar-refractivity contribution in [2.75, 3.05) is 46.5 Å². The maximum atomic E-state index is 13.6. The van der Waals surface area contributed by atoms with Crippen LogP contribution in [0.4, 0.5) is 13.2 Å². The third-order valence-corrected chi connectivity index (χ3v) is 7.94. The summed E-state index contributed by atoms with van der Waals surface area (Å²) in [6.07, 6.45) is -1.38. The summed E-state index contributed by atoms with van der Waals surface area (Å²) >= 11 is 0. The molecule has 1 atom stereocenters. The Bertz CT molecular complexity index is 1100. The Labute approximate surface area is 198 Å². The molecule has 0 aliphatic carbocycles. The summed E-state index contributed by atoms with van der Waals surface area (Å²) in [6, 6.07) is 4.13. The molecule has 1 aromatic carbocycles. The number of rotatable bonds is 7. The fourth-order valence-corrected chi connectivity index (χ4v) is 4.36. The SMILES string of the molecule is CN(C)CC#Cc1ccc(C2=CCN(CCC(C)(C(=O)NO)S(C)(=O)=O)CC2)cc1C(F)(F)F. The molecule has 1 amide bonds. The van der Waals surface area contributed by atoms with Crippen LogP contribution in [0.2, 0.25) is 0 Å². The van der Waals surface area contributed by atoms with E-state index in [1.165, 1.54) is 18.5 Å². The number of carbonyl (C=O) groups is 1. The molecule has 0 radical (unpaired) electrons. The summed E-state index contributed by atoms with van der Waals surface area (Å²) in [7, 11) is -0.235. The van der Waals surface area contributed by atoms with Gasteiger partial charge < -0.3 is 0 Å². The van der Waals surface area contributed by atoms with Gasteiger partial charge in [-0.25, -0.2) is 13.9 Å². The summed E-state index contributed by atoms with van der Waals surface area (Å²) in [4.78, 5) is 15.6. The molecule has 2 N–H and O–H groups in total. The normalized spacial score (nSPS) is 16.9. The molecule has 0 saturated heterocycles. The monoisotopic (exact) mass is 501 g/mol. The lowest BCUT2D eigenvalue weighted by atomic mass is 9.95. The third kappa shape index (κ3) is 6.82. The second-order valence-electron chi connectivity index (χ2n) is 8.77. The van der Waals surface area contributed by atoms with Crippen LogP contribution in [0.15, 0.2) is 24.3 Å². The second-order valence-corrected chi connectivity index (χ2v) is 11.2. The topological polar surface area (TPSA) is 89.9 Å². The molecule has 2 rings (SSSR count). The van der Waals surface area contributed by atoms with Crippen molar-refractivity contribution in [1.29, 1.82) is 0 Å². The number of hydrogen-bond acceptors (Lipinski definition) is 6. The quantitative estimate of drug-likeness (QED) is 0.339. The van der Waals surface area contributed by atoms with Gasteiger partial charge in [-0.1, -0.05) is 24.0 Å². The van der Waals surface area contributed by atoms with E-state index in [1.54, 1.807) is 31.1 Å². The van der Waals surface area contributed by atoms with Crippen molar-refractivity contribution in [2.24, 2.45) is 0 Å². The predicted octanol–water partition coefficient (Wildman–Crippen LogP) is 2.41. The molecular formula is C23H30F3N3O4S. The fourth-order valence-electron chi connectivity index (χ4n) is 3.51. The average Bonchev–Trinajstić information content (AvgIpc) is 2.75. The Morgan fingerprint density at radius 3 is 2.47 bits per heavy atom. The molecule has 0 bridgehead atoms. The Morgan fingerprint density at radius 1 is 1.29 bits per heavy atom. The van der Waals surface area contributed by atoms with Gasteiger partial charge in [-0.2, -0.15) is 13.2 Å². The second kappa shape index (κ2) is 10.9. The van der Waals surface area contributed by atoms with Gasteiger partial charge in [0.2, 0.25) is 0 Å². The Hall–Kier alpha value is -2.39. The van der Waals surface area contributed by atoms with E-state index < -0.39 is 32.2 Å². The van der Waals surface area contributed by atoms with Crippen LogP contribution in [0.3, 0.4) is 0 Å². The molecular weight excluding hydrogens is 471 g/mol. The Balaban J connectivity index is 2.18. The molecule has 1 aliphatic rings. The van der Waals surface area contributed by atoms with Crippen LogP contribution < -0.4 is 5.48 Å². The van der Waals surface area contributed by atoms with Gasteiger partial charge in [0.05, 0.1) is 12.1 Å². The molecule has 0 aromatic heterocycles. The molecule has 7 nitrogen and oxygen atoms in total. The number of hydrogen-bond donors (Lipinski definition) is 2. The largest absolute Gasteiger partial charge is 0.417 e. The van der Waals surface area contributed by atoms with E-state index in [2.05, 4.69) is 11.8 Å². The van der Waals surface area contributed by atoms with Crippen LogP contribution in [0.5, 0.6) is 0 Å². The molecule has 0 fully saturated rings. The van der Waals surface area contributed by atoms with Gasteiger partial charge in [-0.15, -0.1) is 0 Å². The predicted molar refractivity (Wildman–Crippen MR) is 124 cm³/mol. The van der Waals surface area contributed by atoms with Gasteiger partial charge in [0.1, 0.15) is 0 Å². The number of halogens is 3. The van der Waals surface area contributed by atoms with Gasteiger partial charge in [0.25, 0.3) is 5.91 Å². The first kappa shape index (κ1) is 27.9. The number of carbonyl (C=O) groups excluding carboxylic acids is 1. The number of alkyl halides is 3.